The molecule has 2 aromatic rings. The van der Waals surface area contributed by atoms with Crippen molar-refractivity contribution in [2.45, 2.75) is 11.8 Å². The van der Waals surface area contributed by atoms with Crippen molar-refractivity contribution >= 4 is 33.4 Å². The minimum absolute atomic E-state index is 0.976. The van der Waals surface area contributed by atoms with Gasteiger partial charge in [0.15, 0.2) is 0 Å². The van der Waals surface area contributed by atoms with Crippen LogP contribution >= 0.6 is 27.7 Å². The molecule has 2 rings (SSSR count). The lowest BCUT2D eigenvalue weighted by Crippen LogP contribution is -2.03. The molecule has 1 N–H and O–H groups in total. The molecule has 0 saturated carbocycles. The van der Waals surface area contributed by atoms with Crippen molar-refractivity contribution in [3.05, 3.63) is 58.6 Å². The number of halogens is 1. The molecule has 0 radical (unpaired) electrons. The summed E-state index contributed by atoms with van der Waals surface area (Å²) < 4.78 is 1.13. The molecular weight excluding hydrogens is 306 g/mol. The van der Waals surface area contributed by atoms with Crippen molar-refractivity contribution in [1.82, 2.24) is 0 Å². The second-order valence-corrected chi connectivity index (χ2v) is 6.18. The molecule has 2 aromatic carbocycles. The summed E-state index contributed by atoms with van der Waals surface area (Å²) in [4.78, 5) is 1.31. The monoisotopic (exact) mass is 321 g/mol. The Morgan fingerprint density at radius 2 is 1.89 bits per heavy atom. The number of nitrogens with one attached hydrogen (secondary N) is 1. The van der Waals surface area contributed by atoms with Crippen molar-refractivity contribution in [3.8, 4) is 0 Å². The predicted molar refractivity (Wildman–Crippen MR) is 84.5 cm³/mol. The van der Waals surface area contributed by atoms with E-state index in [1.54, 1.807) is 0 Å². The number of anilines is 1. The van der Waals surface area contributed by atoms with Gasteiger partial charge in [-0.25, -0.2) is 0 Å². The Labute approximate surface area is 121 Å². The molecule has 0 unspecified atom stereocenters. The lowest BCUT2D eigenvalue weighted by atomic mass is 10.2. The van der Waals surface area contributed by atoms with Crippen LogP contribution in [0.15, 0.2) is 57.9 Å². The van der Waals surface area contributed by atoms with Gasteiger partial charge in [0.25, 0.3) is 0 Å². The SMILES string of the molecule is Cc1cccc(NCCSc2ccc(Br)cc2)c1. The minimum atomic E-state index is 0.976. The predicted octanol–water partition coefficient (Wildman–Crippen LogP) is 4.96. The van der Waals surface area contributed by atoms with E-state index in [9.17, 15) is 0 Å². The molecule has 0 aromatic heterocycles. The van der Waals surface area contributed by atoms with Crippen molar-refractivity contribution in [2.24, 2.45) is 0 Å². The second kappa shape index (κ2) is 6.86. The highest BCUT2D eigenvalue weighted by atomic mass is 79.9. The molecule has 0 aliphatic heterocycles. The maximum atomic E-state index is 3.44. The fraction of sp³-hybridized carbons (Fsp3) is 0.200. The second-order valence-electron chi connectivity index (χ2n) is 4.10. The highest BCUT2D eigenvalue weighted by Crippen LogP contribution is 2.20. The highest BCUT2D eigenvalue weighted by molar-refractivity contribution is 9.10. The molecule has 0 aliphatic rings. The van der Waals surface area contributed by atoms with Crippen LogP contribution in [0.1, 0.15) is 5.56 Å². The molecule has 0 amide bonds. The molecule has 0 atom stereocenters. The first-order chi connectivity index (χ1) is 8.74. The van der Waals surface area contributed by atoms with Gasteiger partial charge in [-0.2, -0.15) is 0 Å². The molecule has 18 heavy (non-hydrogen) atoms. The number of thioether (sulfide) groups is 1. The average Bonchev–Trinajstić information content (AvgIpc) is 2.37. The van der Waals surface area contributed by atoms with Gasteiger partial charge < -0.3 is 5.32 Å². The van der Waals surface area contributed by atoms with Crippen LogP contribution in [0.4, 0.5) is 5.69 Å². The summed E-state index contributed by atoms with van der Waals surface area (Å²) in [5, 5.41) is 3.44. The van der Waals surface area contributed by atoms with Crippen LogP contribution in [0.3, 0.4) is 0 Å². The van der Waals surface area contributed by atoms with Gasteiger partial charge in [-0.05, 0) is 48.9 Å². The molecule has 0 heterocycles. The van der Waals surface area contributed by atoms with E-state index in [1.165, 1.54) is 16.1 Å². The molecule has 1 nitrogen and oxygen atoms in total. The van der Waals surface area contributed by atoms with Gasteiger partial charge in [0.05, 0.1) is 0 Å². The zero-order valence-electron chi connectivity index (χ0n) is 10.3. The van der Waals surface area contributed by atoms with Crippen LogP contribution < -0.4 is 5.32 Å². The maximum absolute atomic E-state index is 3.44. The summed E-state index contributed by atoms with van der Waals surface area (Å²) in [6, 6.07) is 16.9. The summed E-state index contributed by atoms with van der Waals surface area (Å²) in [7, 11) is 0. The third-order valence-corrected chi connectivity index (χ3v) is 4.07. The van der Waals surface area contributed by atoms with Gasteiger partial charge in [-0.15, -0.1) is 11.8 Å². The average molecular weight is 322 g/mol. The van der Waals surface area contributed by atoms with E-state index in [4.69, 9.17) is 0 Å². The van der Waals surface area contributed by atoms with Crippen LogP contribution in [-0.2, 0) is 0 Å². The molecule has 0 fully saturated rings. The Balaban J connectivity index is 1.74. The Kier molecular flexibility index (Phi) is 5.14. The third kappa shape index (κ3) is 4.39. The smallest absolute Gasteiger partial charge is 0.0343 e. The number of aryl methyl sites for hydroxylation is 1. The Morgan fingerprint density at radius 3 is 2.61 bits per heavy atom. The van der Waals surface area contributed by atoms with Gasteiger partial charge in [0.1, 0.15) is 0 Å². The normalized spacial score (nSPS) is 10.3. The number of rotatable bonds is 5. The molecule has 0 spiro atoms. The summed E-state index contributed by atoms with van der Waals surface area (Å²) in [6.07, 6.45) is 0. The van der Waals surface area contributed by atoms with Gasteiger partial charge >= 0.3 is 0 Å². The third-order valence-electron chi connectivity index (χ3n) is 2.53. The van der Waals surface area contributed by atoms with E-state index in [0.717, 1.165) is 16.8 Å². The molecular formula is C15H16BrNS. The first kappa shape index (κ1) is 13.5. The summed E-state index contributed by atoms with van der Waals surface area (Å²) >= 11 is 5.31. The topological polar surface area (TPSA) is 12.0 Å². The molecule has 0 bridgehead atoms. The van der Waals surface area contributed by atoms with E-state index in [1.807, 2.05) is 11.8 Å². The van der Waals surface area contributed by atoms with E-state index in [-0.39, 0.29) is 0 Å². The van der Waals surface area contributed by atoms with Crippen LogP contribution in [0.25, 0.3) is 0 Å². The lowest BCUT2D eigenvalue weighted by molar-refractivity contribution is 1.22. The van der Waals surface area contributed by atoms with Gasteiger partial charge in [-0.3, -0.25) is 0 Å². The van der Waals surface area contributed by atoms with Crippen LogP contribution in [0, 0.1) is 6.92 Å². The number of hydrogen-bond donors (Lipinski definition) is 1. The Bertz CT molecular complexity index is 496. The standard InChI is InChI=1S/C15H16BrNS/c1-12-3-2-4-14(11-12)17-9-10-18-15-7-5-13(16)6-8-15/h2-8,11,17H,9-10H2,1H3. The molecule has 94 valence electrons. The largest absolute Gasteiger partial charge is 0.384 e. The number of hydrogen-bond acceptors (Lipinski definition) is 2. The molecule has 0 saturated heterocycles. The van der Waals surface area contributed by atoms with Crippen molar-refractivity contribution in [3.63, 3.8) is 0 Å². The summed E-state index contributed by atoms with van der Waals surface area (Å²) in [5.41, 5.74) is 2.49. The molecule has 3 heteroatoms. The van der Waals surface area contributed by atoms with E-state index < -0.39 is 0 Å². The highest BCUT2D eigenvalue weighted by Gasteiger charge is 1.95. The fourth-order valence-corrected chi connectivity index (χ4v) is 2.68. The van der Waals surface area contributed by atoms with Crippen molar-refractivity contribution < 1.29 is 0 Å². The van der Waals surface area contributed by atoms with Crippen molar-refractivity contribution in [2.75, 3.05) is 17.6 Å². The number of benzene rings is 2. The van der Waals surface area contributed by atoms with E-state index in [2.05, 4.69) is 76.7 Å². The minimum Gasteiger partial charge on any atom is -0.384 e. The van der Waals surface area contributed by atoms with E-state index >= 15 is 0 Å². The van der Waals surface area contributed by atoms with Crippen LogP contribution in [0.2, 0.25) is 0 Å². The quantitative estimate of drug-likeness (QED) is 0.617. The van der Waals surface area contributed by atoms with Gasteiger partial charge in [-0.1, -0.05) is 28.1 Å². The summed E-state index contributed by atoms with van der Waals surface area (Å²) in [5.74, 6) is 1.07. The van der Waals surface area contributed by atoms with E-state index in [0.29, 0.717) is 0 Å². The first-order valence-corrected chi connectivity index (χ1v) is 7.71. The zero-order valence-corrected chi connectivity index (χ0v) is 12.7. The van der Waals surface area contributed by atoms with Gasteiger partial charge in [0, 0.05) is 27.4 Å². The Hall–Kier alpha value is -0.930. The van der Waals surface area contributed by atoms with Crippen LogP contribution in [-0.4, -0.2) is 12.3 Å². The summed E-state index contributed by atoms with van der Waals surface area (Å²) in [6.45, 7) is 3.09. The van der Waals surface area contributed by atoms with Gasteiger partial charge in [0.2, 0.25) is 0 Å². The van der Waals surface area contributed by atoms with Crippen molar-refractivity contribution in [1.29, 1.82) is 0 Å². The lowest BCUT2D eigenvalue weighted by Gasteiger charge is -2.07. The Morgan fingerprint density at radius 1 is 1.11 bits per heavy atom. The zero-order chi connectivity index (χ0) is 12.8. The first-order valence-electron chi connectivity index (χ1n) is 5.93. The molecule has 0 aliphatic carbocycles. The maximum Gasteiger partial charge on any atom is 0.0343 e. The fourth-order valence-electron chi connectivity index (χ4n) is 1.65. The van der Waals surface area contributed by atoms with Crippen LogP contribution in [0.5, 0.6) is 0 Å².